The molecule has 20 heavy (non-hydrogen) atoms. The highest BCUT2D eigenvalue weighted by atomic mass is 19.1. The average molecular weight is 279 g/mol. The van der Waals surface area contributed by atoms with Gasteiger partial charge in [-0.15, -0.1) is 0 Å². The van der Waals surface area contributed by atoms with E-state index < -0.39 is 11.6 Å². The Bertz CT molecular complexity index is 585. The molecule has 5 heteroatoms. The van der Waals surface area contributed by atoms with Crippen molar-refractivity contribution in [1.29, 1.82) is 0 Å². The molecule has 108 valence electrons. The molecule has 0 aliphatic carbocycles. The van der Waals surface area contributed by atoms with E-state index in [1.54, 1.807) is 0 Å². The number of aryl methyl sites for hydroxylation is 1. The van der Waals surface area contributed by atoms with Gasteiger partial charge in [0, 0.05) is 13.0 Å². The largest absolute Gasteiger partial charge is 0.383 e. The van der Waals surface area contributed by atoms with Gasteiger partial charge in [0.25, 0.3) is 0 Å². The van der Waals surface area contributed by atoms with Gasteiger partial charge in [0.05, 0.1) is 5.56 Å². The molecule has 0 aliphatic rings. The smallest absolute Gasteiger partial charge is 0.135 e. The van der Waals surface area contributed by atoms with E-state index in [0.29, 0.717) is 12.4 Å². The zero-order chi connectivity index (χ0) is 14.7. The van der Waals surface area contributed by atoms with E-state index >= 15 is 0 Å². The van der Waals surface area contributed by atoms with Gasteiger partial charge in [0.1, 0.15) is 29.0 Å². The third-order valence-electron chi connectivity index (χ3n) is 3.21. The second-order valence-electron chi connectivity index (χ2n) is 4.76. The van der Waals surface area contributed by atoms with Crippen molar-refractivity contribution >= 4 is 5.82 Å². The van der Waals surface area contributed by atoms with Crippen molar-refractivity contribution < 1.29 is 8.78 Å². The lowest BCUT2D eigenvalue weighted by Gasteiger charge is -2.07. The van der Waals surface area contributed by atoms with E-state index in [2.05, 4.69) is 4.98 Å². The lowest BCUT2D eigenvalue weighted by Crippen LogP contribution is -2.07. The maximum Gasteiger partial charge on any atom is 0.135 e. The average Bonchev–Trinajstić information content (AvgIpc) is 2.69. The lowest BCUT2D eigenvalue weighted by molar-refractivity contribution is 0.589. The summed E-state index contributed by atoms with van der Waals surface area (Å²) in [5.74, 6) is -0.161. The zero-order valence-corrected chi connectivity index (χ0v) is 11.8. The fourth-order valence-corrected chi connectivity index (χ4v) is 2.31. The second-order valence-corrected chi connectivity index (χ2v) is 4.76. The first-order valence-electron chi connectivity index (χ1n) is 6.89. The van der Waals surface area contributed by atoms with Gasteiger partial charge in [-0.05, 0) is 25.0 Å². The molecule has 2 N–H and O–H groups in total. The van der Waals surface area contributed by atoms with Crippen LogP contribution in [0.3, 0.4) is 0 Å². The highest BCUT2D eigenvalue weighted by molar-refractivity contribution is 5.72. The van der Waals surface area contributed by atoms with E-state index in [9.17, 15) is 8.78 Å². The summed E-state index contributed by atoms with van der Waals surface area (Å²) in [4.78, 5) is 4.37. The maximum absolute atomic E-state index is 13.9. The molecule has 0 radical (unpaired) electrons. The molecule has 3 nitrogen and oxygen atoms in total. The third kappa shape index (κ3) is 2.53. The van der Waals surface area contributed by atoms with Crippen LogP contribution in [0.4, 0.5) is 14.6 Å². The molecule has 1 aromatic heterocycles. The van der Waals surface area contributed by atoms with Crippen molar-refractivity contribution in [3.8, 4) is 11.3 Å². The predicted octanol–water partition coefficient (Wildman–Crippen LogP) is 3.77. The fourth-order valence-electron chi connectivity index (χ4n) is 2.31. The van der Waals surface area contributed by atoms with Gasteiger partial charge >= 0.3 is 0 Å². The maximum atomic E-state index is 13.9. The number of hydrogen-bond donors (Lipinski definition) is 1. The Morgan fingerprint density at radius 1 is 1.15 bits per heavy atom. The van der Waals surface area contributed by atoms with Gasteiger partial charge in [0.15, 0.2) is 0 Å². The van der Waals surface area contributed by atoms with Crippen molar-refractivity contribution in [2.45, 2.75) is 39.7 Å². The normalized spacial score (nSPS) is 11.0. The summed E-state index contributed by atoms with van der Waals surface area (Å²) >= 11 is 0. The van der Waals surface area contributed by atoms with E-state index in [4.69, 9.17) is 5.73 Å². The van der Waals surface area contributed by atoms with Crippen LogP contribution in [0.2, 0.25) is 0 Å². The Labute approximate surface area is 117 Å². The third-order valence-corrected chi connectivity index (χ3v) is 3.21. The highest BCUT2D eigenvalue weighted by Gasteiger charge is 2.20. The molecule has 0 aliphatic heterocycles. The van der Waals surface area contributed by atoms with Crippen LogP contribution in [0.5, 0.6) is 0 Å². The standard InChI is InChI=1S/C15H19F2N3/c1-3-6-12-19-14(15(18)20(12)9-4-2)13-10(16)7-5-8-11(13)17/h5,7-8H,3-4,6,9,18H2,1-2H3. The Morgan fingerprint density at radius 2 is 1.80 bits per heavy atom. The molecular weight excluding hydrogens is 260 g/mol. The van der Waals surface area contributed by atoms with Crippen molar-refractivity contribution in [3.05, 3.63) is 35.7 Å². The van der Waals surface area contributed by atoms with Crippen LogP contribution >= 0.6 is 0 Å². The number of nitrogens with two attached hydrogens (primary N) is 1. The molecule has 0 saturated carbocycles. The van der Waals surface area contributed by atoms with Crippen molar-refractivity contribution in [2.24, 2.45) is 0 Å². The van der Waals surface area contributed by atoms with Crippen LogP contribution in [0, 0.1) is 11.6 Å². The number of halogens is 2. The van der Waals surface area contributed by atoms with Crippen LogP contribution < -0.4 is 5.73 Å². The molecule has 1 aromatic carbocycles. The van der Waals surface area contributed by atoms with Gasteiger partial charge in [0.2, 0.25) is 0 Å². The van der Waals surface area contributed by atoms with Crippen LogP contribution in [0.1, 0.15) is 32.5 Å². The number of nitrogens with zero attached hydrogens (tertiary/aromatic N) is 2. The number of aromatic nitrogens is 2. The van der Waals surface area contributed by atoms with Crippen molar-refractivity contribution in [3.63, 3.8) is 0 Å². The first kappa shape index (κ1) is 14.5. The minimum atomic E-state index is -0.638. The molecule has 0 spiro atoms. The van der Waals surface area contributed by atoms with E-state index in [-0.39, 0.29) is 11.3 Å². The minimum absolute atomic E-state index is 0.141. The molecule has 0 unspecified atom stereocenters. The van der Waals surface area contributed by atoms with E-state index in [0.717, 1.165) is 25.1 Å². The zero-order valence-electron chi connectivity index (χ0n) is 11.8. The van der Waals surface area contributed by atoms with Crippen LogP contribution in [-0.2, 0) is 13.0 Å². The quantitative estimate of drug-likeness (QED) is 0.905. The summed E-state index contributed by atoms with van der Waals surface area (Å²) in [6.45, 7) is 4.76. The van der Waals surface area contributed by atoms with Crippen molar-refractivity contribution in [1.82, 2.24) is 9.55 Å². The summed E-state index contributed by atoms with van der Waals surface area (Å²) in [7, 11) is 0. The molecule has 0 atom stereocenters. The summed E-state index contributed by atoms with van der Waals surface area (Å²) < 4.78 is 29.6. The fraction of sp³-hybridized carbons (Fsp3) is 0.400. The van der Waals surface area contributed by atoms with Gasteiger partial charge in [-0.25, -0.2) is 13.8 Å². The summed E-state index contributed by atoms with van der Waals surface area (Å²) in [6, 6.07) is 3.77. The van der Waals surface area contributed by atoms with Crippen molar-refractivity contribution in [2.75, 3.05) is 5.73 Å². The molecule has 2 aromatic rings. The SMILES string of the molecule is CCCc1nc(-c2c(F)cccc2F)c(N)n1CCC. The number of benzene rings is 1. The van der Waals surface area contributed by atoms with E-state index in [1.807, 2.05) is 18.4 Å². The lowest BCUT2D eigenvalue weighted by atomic mass is 10.1. The Hall–Kier alpha value is -1.91. The summed E-state index contributed by atoms with van der Waals surface area (Å²) in [5.41, 5.74) is 6.12. The monoisotopic (exact) mass is 279 g/mol. The molecule has 0 amide bonds. The van der Waals surface area contributed by atoms with Crippen LogP contribution in [0.15, 0.2) is 18.2 Å². The van der Waals surface area contributed by atoms with Crippen LogP contribution in [-0.4, -0.2) is 9.55 Å². The Kier molecular flexibility index (Phi) is 4.37. The van der Waals surface area contributed by atoms with Crippen LogP contribution in [0.25, 0.3) is 11.3 Å². The summed E-state index contributed by atoms with van der Waals surface area (Å²) in [6.07, 6.45) is 2.52. The number of hydrogen-bond acceptors (Lipinski definition) is 2. The second kappa shape index (κ2) is 6.03. The first-order valence-corrected chi connectivity index (χ1v) is 6.89. The molecule has 0 fully saturated rings. The number of nitrogen functional groups attached to an aromatic ring is 1. The first-order chi connectivity index (χ1) is 9.60. The topological polar surface area (TPSA) is 43.8 Å². The Morgan fingerprint density at radius 3 is 2.35 bits per heavy atom. The number of anilines is 1. The molecule has 0 bridgehead atoms. The van der Waals surface area contributed by atoms with Gasteiger partial charge in [-0.1, -0.05) is 19.9 Å². The van der Waals surface area contributed by atoms with E-state index in [1.165, 1.54) is 18.2 Å². The number of rotatable bonds is 5. The molecular formula is C15H19F2N3. The highest BCUT2D eigenvalue weighted by Crippen LogP contribution is 2.31. The van der Waals surface area contributed by atoms with Gasteiger partial charge in [-0.2, -0.15) is 0 Å². The van der Waals surface area contributed by atoms with Gasteiger partial charge < -0.3 is 10.3 Å². The predicted molar refractivity (Wildman–Crippen MR) is 76.3 cm³/mol. The molecule has 0 saturated heterocycles. The minimum Gasteiger partial charge on any atom is -0.383 e. The molecule has 2 rings (SSSR count). The number of imidazole rings is 1. The summed E-state index contributed by atoms with van der Waals surface area (Å²) in [5, 5.41) is 0. The van der Waals surface area contributed by atoms with Gasteiger partial charge in [-0.3, -0.25) is 0 Å². The molecule has 1 heterocycles. The Balaban J connectivity index is 2.60.